The van der Waals surface area contributed by atoms with Crippen molar-refractivity contribution < 1.29 is 9.59 Å². The summed E-state index contributed by atoms with van der Waals surface area (Å²) in [4.78, 5) is 29.7. The molecule has 3 N–H and O–H groups in total. The fraction of sp³-hybridized carbons (Fsp3) is 0.375. The molecule has 0 radical (unpaired) electrons. The molecule has 2 amide bonds. The van der Waals surface area contributed by atoms with Gasteiger partial charge in [-0.1, -0.05) is 31.2 Å². The van der Waals surface area contributed by atoms with E-state index < -0.39 is 0 Å². The smallest absolute Gasteiger partial charge is 0.227 e. The summed E-state index contributed by atoms with van der Waals surface area (Å²) in [7, 11) is 1.74. The topological polar surface area (TPSA) is 85.8 Å². The molecule has 2 aromatic rings. The molecule has 2 aromatic carbocycles. The first-order valence-corrected chi connectivity index (χ1v) is 10.8. The molecule has 1 saturated heterocycles. The van der Waals surface area contributed by atoms with E-state index >= 15 is 0 Å². The van der Waals surface area contributed by atoms with Crippen molar-refractivity contribution >= 4 is 53.1 Å². The third-order valence-corrected chi connectivity index (χ3v) is 5.18. The largest absolute Gasteiger partial charge is 0.352 e. The van der Waals surface area contributed by atoms with Gasteiger partial charge in [-0.25, -0.2) is 0 Å². The molecule has 1 fully saturated rings. The van der Waals surface area contributed by atoms with Crippen LogP contribution in [0.2, 0.25) is 0 Å². The van der Waals surface area contributed by atoms with Crippen molar-refractivity contribution in [2.45, 2.75) is 45.7 Å². The number of halogens is 1. The second-order valence-electron chi connectivity index (χ2n) is 7.59. The fourth-order valence-electron chi connectivity index (χ4n) is 3.46. The number of carbonyl (C=O) groups is 2. The van der Waals surface area contributed by atoms with Crippen LogP contribution >= 0.6 is 24.0 Å². The van der Waals surface area contributed by atoms with Gasteiger partial charge in [0.15, 0.2) is 5.96 Å². The van der Waals surface area contributed by atoms with Crippen LogP contribution in [0.3, 0.4) is 0 Å². The maximum atomic E-state index is 11.9. The van der Waals surface area contributed by atoms with Gasteiger partial charge in [-0.15, -0.1) is 24.0 Å². The summed E-state index contributed by atoms with van der Waals surface area (Å²) in [6.07, 6.45) is 2.94. The second kappa shape index (κ2) is 13.0. The number of rotatable bonds is 8. The lowest BCUT2D eigenvalue weighted by Gasteiger charge is -2.16. The second-order valence-corrected chi connectivity index (χ2v) is 7.59. The summed E-state index contributed by atoms with van der Waals surface area (Å²) < 4.78 is 0. The maximum Gasteiger partial charge on any atom is 0.227 e. The lowest BCUT2D eigenvalue weighted by Crippen LogP contribution is -2.36. The summed E-state index contributed by atoms with van der Waals surface area (Å²) in [6, 6.07) is 15.9. The Balaban J connectivity index is 0.00000363. The zero-order valence-electron chi connectivity index (χ0n) is 18.7. The number of nitrogens with one attached hydrogen (secondary N) is 3. The molecule has 3 rings (SSSR count). The van der Waals surface area contributed by atoms with Crippen LogP contribution in [-0.4, -0.2) is 31.4 Å². The van der Waals surface area contributed by atoms with Gasteiger partial charge in [-0.05, 0) is 48.2 Å². The van der Waals surface area contributed by atoms with Gasteiger partial charge in [0.25, 0.3) is 0 Å². The van der Waals surface area contributed by atoms with Gasteiger partial charge < -0.3 is 20.9 Å². The van der Waals surface area contributed by atoms with E-state index in [0.29, 0.717) is 31.9 Å². The van der Waals surface area contributed by atoms with Gasteiger partial charge in [0, 0.05) is 50.9 Å². The van der Waals surface area contributed by atoms with Crippen molar-refractivity contribution in [3.05, 3.63) is 59.7 Å². The Labute approximate surface area is 207 Å². The maximum absolute atomic E-state index is 11.9. The summed E-state index contributed by atoms with van der Waals surface area (Å²) in [5.41, 5.74) is 3.98. The summed E-state index contributed by atoms with van der Waals surface area (Å²) >= 11 is 0. The molecule has 1 heterocycles. The van der Waals surface area contributed by atoms with E-state index in [1.165, 1.54) is 0 Å². The minimum atomic E-state index is 0. The van der Waals surface area contributed by atoms with Crippen LogP contribution in [0, 0.1) is 0 Å². The molecule has 0 aromatic heterocycles. The van der Waals surface area contributed by atoms with Crippen LogP contribution in [0.4, 0.5) is 11.4 Å². The van der Waals surface area contributed by atoms with E-state index in [2.05, 4.69) is 20.9 Å². The van der Waals surface area contributed by atoms with Crippen molar-refractivity contribution in [2.24, 2.45) is 4.99 Å². The summed E-state index contributed by atoms with van der Waals surface area (Å²) in [5, 5.41) is 9.50. The van der Waals surface area contributed by atoms with Crippen molar-refractivity contribution in [3.63, 3.8) is 0 Å². The zero-order valence-corrected chi connectivity index (χ0v) is 21.0. The standard InChI is InChI=1S/C24H31N5O2.HI/c1-3-5-22(30)28-20-11-7-18(8-12-20)16-26-24(25-2)27-17-19-9-13-21(14-10-19)29-15-4-6-23(29)31;/h7-14H,3-6,15-17H2,1-2H3,(H,28,30)(H2,25,26,27);1H. The Morgan fingerprint density at radius 2 is 1.59 bits per heavy atom. The van der Waals surface area contributed by atoms with E-state index in [4.69, 9.17) is 0 Å². The fourth-order valence-corrected chi connectivity index (χ4v) is 3.46. The monoisotopic (exact) mass is 549 g/mol. The minimum absolute atomic E-state index is 0. The number of hydrogen-bond donors (Lipinski definition) is 3. The molecule has 7 nitrogen and oxygen atoms in total. The Bertz CT molecular complexity index is 913. The molecule has 172 valence electrons. The van der Waals surface area contributed by atoms with E-state index in [0.717, 1.165) is 41.9 Å². The third kappa shape index (κ3) is 7.51. The van der Waals surface area contributed by atoms with Crippen molar-refractivity contribution in [3.8, 4) is 0 Å². The lowest BCUT2D eigenvalue weighted by molar-refractivity contribution is -0.117. The number of carbonyl (C=O) groups excluding carboxylic acids is 2. The quantitative estimate of drug-likeness (QED) is 0.264. The van der Waals surface area contributed by atoms with Crippen molar-refractivity contribution in [1.82, 2.24) is 10.6 Å². The normalized spacial score (nSPS) is 13.5. The van der Waals surface area contributed by atoms with E-state index in [-0.39, 0.29) is 35.8 Å². The molecule has 0 saturated carbocycles. The Hall–Kier alpha value is -2.62. The summed E-state index contributed by atoms with van der Waals surface area (Å²) in [5.74, 6) is 0.948. The molecule has 1 aliphatic heterocycles. The lowest BCUT2D eigenvalue weighted by atomic mass is 10.2. The van der Waals surface area contributed by atoms with E-state index in [9.17, 15) is 9.59 Å². The average molecular weight is 549 g/mol. The van der Waals surface area contributed by atoms with Gasteiger partial charge in [0.05, 0.1) is 0 Å². The third-order valence-electron chi connectivity index (χ3n) is 5.18. The van der Waals surface area contributed by atoms with Gasteiger partial charge in [0.1, 0.15) is 0 Å². The van der Waals surface area contributed by atoms with Crippen LogP contribution < -0.4 is 20.9 Å². The molecule has 0 spiro atoms. The molecular formula is C24H32IN5O2. The Kier molecular flexibility index (Phi) is 10.5. The molecule has 1 aliphatic rings. The average Bonchev–Trinajstić information content (AvgIpc) is 3.21. The number of benzene rings is 2. The highest BCUT2D eigenvalue weighted by molar-refractivity contribution is 14.0. The van der Waals surface area contributed by atoms with Crippen LogP contribution in [0.1, 0.15) is 43.7 Å². The first kappa shape index (κ1) is 25.6. The van der Waals surface area contributed by atoms with Crippen molar-refractivity contribution in [2.75, 3.05) is 23.8 Å². The van der Waals surface area contributed by atoms with Crippen LogP contribution in [0.25, 0.3) is 0 Å². The number of guanidine groups is 1. The number of nitrogens with zero attached hydrogens (tertiary/aromatic N) is 2. The molecule has 0 unspecified atom stereocenters. The predicted octanol–water partition coefficient (Wildman–Crippen LogP) is 4.04. The van der Waals surface area contributed by atoms with E-state index in [1.54, 1.807) is 7.05 Å². The first-order chi connectivity index (χ1) is 15.1. The minimum Gasteiger partial charge on any atom is -0.352 e. The van der Waals surface area contributed by atoms with Gasteiger partial charge in [-0.2, -0.15) is 0 Å². The van der Waals surface area contributed by atoms with Gasteiger partial charge in [0.2, 0.25) is 11.8 Å². The molecule has 8 heteroatoms. The molecular weight excluding hydrogens is 517 g/mol. The number of anilines is 2. The highest BCUT2D eigenvalue weighted by atomic mass is 127. The number of hydrogen-bond acceptors (Lipinski definition) is 3. The van der Waals surface area contributed by atoms with Gasteiger partial charge in [-0.3, -0.25) is 14.6 Å². The number of aliphatic imine (C=N–C) groups is 1. The van der Waals surface area contributed by atoms with Gasteiger partial charge >= 0.3 is 0 Å². The Morgan fingerprint density at radius 3 is 2.09 bits per heavy atom. The zero-order chi connectivity index (χ0) is 22.1. The number of amides is 2. The van der Waals surface area contributed by atoms with Crippen LogP contribution in [0.5, 0.6) is 0 Å². The van der Waals surface area contributed by atoms with Crippen molar-refractivity contribution in [1.29, 1.82) is 0 Å². The Morgan fingerprint density at radius 1 is 1.00 bits per heavy atom. The van der Waals surface area contributed by atoms with Crippen LogP contribution in [-0.2, 0) is 22.7 Å². The van der Waals surface area contributed by atoms with Crippen LogP contribution in [0.15, 0.2) is 53.5 Å². The molecule has 0 aliphatic carbocycles. The predicted molar refractivity (Wildman–Crippen MR) is 140 cm³/mol. The highest BCUT2D eigenvalue weighted by Gasteiger charge is 2.21. The van der Waals surface area contributed by atoms with E-state index in [1.807, 2.05) is 60.4 Å². The molecule has 0 bridgehead atoms. The SMILES string of the molecule is CCCC(=O)Nc1ccc(CNC(=NC)NCc2ccc(N3CCCC3=O)cc2)cc1.I. The molecule has 32 heavy (non-hydrogen) atoms. The summed E-state index contributed by atoms with van der Waals surface area (Å²) in [6.45, 7) is 4.05. The highest BCUT2D eigenvalue weighted by Crippen LogP contribution is 2.21. The first-order valence-electron chi connectivity index (χ1n) is 10.8. The molecule has 0 atom stereocenters.